The largest absolute Gasteiger partial charge is 0.0822 e. The van der Waals surface area contributed by atoms with Crippen LogP contribution in [0, 0.1) is 23.7 Å². The molecular formula is C12H22. The van der Waals surface area contributed by atoms with Crippen LogP contribution in [0.15, 0.2) is 11.6 Å². The lowest BCUT2D eigenvalue weighted by molar-refractivity contribution is 0.460. The van der Waals surface area contributed by atoms with Crippen molar-refractivity contribution < 1.29 is 0 Å². The summed E-state index contributed by atoms with van der Waals surface area (Å²) in [5, 5.41) is 0. The topological polar surface area (TPSA) is 0 Å². The Bertz CT molecular complexity index is 174. The molecule has 0 aromatic carbocycles. The summed E-state index contributed by atoms with van der Waals surface area (Å²) in [6.45, 7) is 11.5. The normalized spacial score (nSPS) is 35.9. The maximum absolute atomic E-state index is 2.46. The van der Waals surface area contributed by atoms with E-state index in [9.17, 15) is 0 Å². The minimum atomic E-state index is 0.893. The zero-order valence-electron chi connectivity index (χ0n) is 9.09. The summed E-state index contributed by atoms with van der Waals surface area (Å²) in [5.74, 6) is 3.73. The third kappa shape index (κ3) is 1.91. The Hall–Kier alpha value is -0.260. The van der Waals surface area contributed by atoms with Crippen molar-refractivity contribution in [2.75, 3.05) is 0 Å². The first kappa shape index (κ1) is 9.83. The number of hydrogen-bond donors (Lipinski definition) is 0. The van der Waals surface area contributed by atoms with Crippen molar-refractivity contribution in [1.29, 1.82) is 0 Å². The van der Waals surface area contributed by atoms with E-state index in [4.69, 9.17) is 0 Å². The van der Waals surface area contributed by atoms with Crippen molar-refractivity contribution >= 4 is 0 Å². The van der Waals surface area contributed by atoms with Gasteiger partial charge in [0.1, 0.15) is 0 Å². The van der Waals surface area contributed by atoms with Crippen LogP contribution < -0.4 is 0 Å². The van der Waals surface area contributed by atoms with Crippen LogP contribution in [0.3, 0.4) is 0 Å². The second-order valence-corrected chi connectivity index (χ2v) is 4.64. The van der Waals surface area contributed by atoms with Crippen LogP contribution in [-0.4, -0.2) is 0 Å². The summed E-state index contributed by atoms with van der Waals surface area (Å²) >= 11 is 0. The highest BCUT2D eigenvalue weighted by atomic mass is 14.5. The van der Waals surface area contributed by atoms with E-state index in [0.717, 1.165) is 23.7 Å². The molecule has 4 unspecified atom stereocenters. The highest BCUT2D eigenvalue weighted by Crippen LogP contribution is 2.52. The van der Waals surface area contributed by atoms with Gasteiger partial charge >= 0.3 is 0 Å². The van der Waals surface area contributed by atoms with Crippen LogP contribution in [-0.2, 0) is 0 Å². The fourth-order valence-electron chi connectivity index (χ4n) is 2.34. The minimum absolute atomic E-state index is 0.893. The summed E-state index contributed by atoms with van der Waals surface area (Å²) in [4.78, 5) is 0. The van der Waals surface area contributed by atoms with Gasteiger partial charge in [0.2, 0.25) is 0 Å². The molecule has 4 atom stereocenters. The van der Waals surface area contributed by atoms with Crippen LogP contribution in [0.5, 0.6) is 0 Å². The Morgan fingerprint density at radius 2 is 2.00 bits per heavy atom. The quantitative estimate of drug-likeness (QED) is 0.558. The average molecular weight is 166 g/mol. The first-order chi connectivity index (χ1) is 5.57. The van der Waals surface area contributed by atoms with Crippen molar-refractivity contribution in [3.05, 3.63) is 11.6 Å². The number of allylic oxidation sites excluding steroid dienone is 2. The molecule has 0 heterocycles. The van der Waals surface area contributed by atoms with Gasteiger partial charge in [-0.2, -0.15) is 0 Å². The highest BCUT2D eigenvalue weighted by Gasteiger charge is 2.46. The molecule has 0 aromatic rings. The summed E-state index contributed by atoms with van der Waals surface area (Å²) in [6, 6.07) is 0. The zero-order valence-corrected chi connectivity index (χ0v) is 9.09. The molecule has 70 valence electrons. The van der Waals surface area contributed by atoms with Crippen molar-refractivity contribution in [2.24, 2.45) is 23.7 Å². The first-order valence-electron chi connectivity index (χ1n) is 5.23. The van der Waals surface area contributed by atoms with E-state index in [1.165, 1.54) is 12.0 Å². The summed E-state index contributed by atoms with van der Waals surface area (Å²) < 4.78 is 0. The van der Waals surface area contributed by atoms with E-state index in [2.05, 4.69) is 40.7 Å². The predicted octanol–water partition coefficient (Wildman–Crippen LogP) is 3.88. The van der Waals surface area contributed by atoms with Crippen molar-refractivity contribution in [3.8, 4) is 0 Å². The van der Waals surface area contributed by atoms with Gasteiger partial charge in [0.05, 0.1) is 0 Å². The third-order valence-corrected chi connectivity index (χ3v) is 3.34. The van der Waals surface area contributed by atoms with Crippen LogP contribution in [0.1, 0.15) is 41.0 Å². The van der Waals surface area contributed by atoms with Gasteiger partial charge in [-0.1, -0.05) is 38.8 Å². The lowest BCUT2D eigenvalue weighted by atomic mass is 10.0. The van der Waals surface area contributed by atoms with E-state index in [0.29, 0.717) is 0 Å². The minimum Gasteiger partial charge on any atom is -0.0822 e. The van der Waals surface area contributed by atoms with Crippen molar-refractivity contribution in [2.45, 2.75) is 41.0 Å². The Kier molecular flexibility index (Phi) is 2.98. The molecule has 0 amide bonds. The summed E-state index contributed by atoms with van der Waals surface area (Å²) in [5.41, 5.74) is 1.48. The Morgan fingerprint density at radius 1 is 1.42 bits per heavy atom. The van der Waals surface area contributed by atoms with Crippen molar-refractivity contribution in [1.82, 2.24) is 0 Å². The van der Waals surface area contributed by atoms with Crippen LogP contribution in [0.4, 0.5) is 0 Å². The molecule has 0 spiro atoms. The van der Waals surface area contributed by atoms with E-state index >= 15 is 0 Å². The standard InChI is InChI=1S/C12H22/c1-6-9(4)12-10(5)11(12)7-8(2)3/h7,9-12H,6H2,1-5H3. The molecule has 1 rings (SSSR count). The Balaban J connectivity index is 2.48. The fourth-order valence-corrected chi connectivity index (χ4v) is 2.34. The number of rotatable bonds is 3. The maximum Gasteiger partial charge on any atom is -0.0169 e. The van der Waals surface area contributed by atoms with Crippen LogP contribution in [0.2, 0.25) is 0 Å². The first-order valence-corrected chi connectivity index (χ1v) is 5.23. The second-order valence-electron chi connectivity index (χ2n) is 4.64. The van der Waals surface area contributed by atoms with E-state index in [1.54, 1.807) is 0 Å². The van der Waals surface area contributed by atoms with Crippen LogP contribution in [0.25, 0.3) is 0 Å². The SMILES string of the molecule is CCC(C)C1C(C)C1C=C(C)C. The van der Waals surface area contributed by atoms with E-state index in [1.807, 2.05) is 0 Å². The van der Waals surface area contributed by atoms with Crippen molar-refractivity contribution in [3.63, 3.8) is 0 Å². The molecule has 0 bridgehead atoms. The molecule has 0 aliphatic heterocycles. The lowest BCUT2D eigenvalue weighted by Gasteiger charge is -2.05. The smallest absolute Gasteiger partial charge is 0.0169 e. The Labute approximate surface area is 77.1 Å². The van der Waals surface area contributed by atoms with Gasteiger partial charge in [-0.25, -0.2) is 0 Å². The van der Waals surface area contributed by atoms with Crippen LogP contribution >= 0.6 is 0 Å². The molecule has 1 aliphatic rings. The summed E-state index contributed by atoms with van der Waals surface area (Å²) in [7, 11) is 0. The monoisotopic (exact) mass is 166 g/mol. The number of hydrogen-bond acceptors (Lipinski definition) is 0. The lowest BCUT2D eigenvalue weighted by Crippen LogP contribution is -1.96. The van der Waals surface area contributed by atoms with E-state index < -0.39 is 0 Å². The zero-order chi connectivity index (χ0) is 9.30. The van der Waals surface area contributed by atoms with E-state index in [-0.39, 0.29) is 0 Å². The molecule has 1 saturated carbocycles. The molecule has 0 saturated heterocycles. The molecule has 0 N–H and O–H groups in total. The van der Waals surface area contributed by atoms with Gasteiger partial charge < -0.3 is 0 Å². The Morgan fingerprint density at radius 3 is 2.42 bits per heavy atom. The molecule has 0 nitrogen and oxygen atoms in total. The summed E-state index contributed by atoms with van der Waals surface area (Å²) in [6.07, 6.45) is 3.80. The van der Waals surface area contributed by atoms with Gasteiger partial charge in [0.15, 0.2) is 0 Å². The molecule has 0 aromatic heterocycles. The van der Waals surface area contributed by atoms with Gasteiger partial charge in [0, 0.05) is 0 Å². The molecule has 0 heteroatoms. The highest BCUT2D eigenvalue weighted by molar-refractivity contribution is 5.11. The molecular weight excluding hydrogens is 144 g/mol. The molecule has 12 heavy (non-hydrogen) atoms. The molecule has 1 aliphatic carbocycles. The van der Waals surface area contributed by atoms with Gasteiger partial charge in [-0.15, -0.1) is 0 Å². The second kappa shape index (κ2) is 3.64. The fraction of sp³-hybridized carbons (Fsp3) is 0.833. The van der Waals surface area contributed by atoms with Gasteiger partial charge in [-0.3, -0.25) is 0 Å². The molecule has 0 radical (unpaired) electrons. The molecule has 1 fully saturated rings. The maximum atomic E-state index is 2.46. The predicted molar refractivity (Wildman–Crippen MR) is 55.0 cm³/mol. The average Bonchev–Trinajstić information content (AvgIpc) is 2.59. The van der Waals surface area contributed by atoms with Gasteiger partial charge in [0.25, 0.3) is 0 Å². The van der Waals surface area contributed by atoms with Gasteiger partial charge in [-0.05, 0) is 37.5 Å². The third-order valence-electron chi connectivity index (χ3n) is 3.34.